The van der Waals surface area contributed by atoms with Crippen LogP contribution >= 0.6 is 11.6 Å². The van der Waals surface area contributed by atoms with Gasteiger partial charge in [-0.05, 0) is 55.7 Å². The topological polar surface area (TPSA) is 12.0 Å². The third-order valence-electron chi connectivity index (χ3n) is 4.27. The van der Waals surface area contributed by atoms with Crippen molar-refractivity contribution in [2.75, 3.05) is 0 Å². The molecule has 3 unspecified atom stereocenters. The smallest absolute Gasteiger partial charge is 0.0406 e. The molecule has 0 aliphatic heterocycles. The summed E-state index contributed by atoms with van der Waals surface area (Å²) < 4.78 is 0. The number of halogens is 1. The summed E-state index contributed by atoms with van der Waals surface area (Å²) in [5.41, 5.74) is 1.32. The first-order valence-corrected chi connectivity index (χ1v) is 7.45. The molecule has 1 nitrogen and oxygen atoms in total. The van der Waals surface area contributed by atoms with Crippen LogP contribution in [-0.2, 0) is 0 Å². The van der Waals surface area contributed by atoms with E-state index in [1.165, 1.54) is 24.8 Å². The zero-order valence-electron chi connectivity index (χ0n) is 11.6. The summed E-state index contributed by atoms with van der Waals surface area (Å²) in [6.07, 6.45) is 4.01. The van der Waals surface area contributed by atoms with E-state index in [4.69, 9.17) is 11.6 Å². The van der Waals surface area contributed by atoms with E-state index in [1.54, 1.807) is 0 Å². The van der Waals surface area contributed by atoms with Crippen LogP contribution in [-0.4, -0.2) is 6.04 Å². The van der Waals surface area contributed by atoms with Crippen LogP contribution in [0, 0.1) is 11.8 Å². The van der Waals surface area contributed by atoms with Crippen molar-refractivity contribution in [3.05, 3.63) is 34.9 Å². The minimum Gasteiger partial charge on any atom is -0.307 e. The molecule has 100 valence electrons. The molecule has 1 fully saturated rings. The Morgan fingerprint density at radius 3 is 2.44 bits per heavy atom. The molecule has 1 aromatic carbocycles. The van der Waals surface area contributed by atoms with Crippen molar-refractivity contribution in [2.45, 2.75) is 52.1 Å². The molecule has 0 radical (unpaired) electrons. The van der Waals surface area contributed by atoms with Crippen LogP contribution in [0.15, 0.2) is 24.3 Å². The lowest BCUT2D eigenvalue weighted by atomic mass is 9.79. The molecule has 0 aromatic heterocycles. The minimum absolute atomic E-state index is 0.406. The maximum Gasteiger partial charge on any atom is 0.0406 e. The molecule has 2 rings (SSSR count). The van der Waals surface area contributed by atoms with Gasteiger partial charge in [-0.15, -0.1) is 0 Å². The lowest BCUT2D eigenvalue weighted by Gasteiger charge is -2.35. The van der Waals surface area contributed by atoms with Gasteiger partial charge in [-0.1, -0.05) is 37.6 Å². The normalized spacial score (nSPS) is 30.1. The van der Waals surface area contributed by atoms with Crippen molar-refractivity contribution in [3.63, 3.8) is 0 Å². The average molecular weight is 266 g/mol. The molecule has 18 heavy (non-hydrogen) atoms. The Morgan fingerprint density at radius 2 is 1.83 bits per heavy atom. The van der Waals surface area contributed by atoms with Crippen molar-refractivity contribution in [1.82, 2.24) is 5.32 Å². The van der Waals surface area contributed by atoms with E-state index in [0.717, 1.165) is 16.9 Å². The fraction of sp³-hybridized carbons (Fsp3) is 0.625. The first-order valence-electron chi connectivity index (χ1n) is 7.07. The van der Waals surface area contributed by atoms with Gasteiger partial charge in [0.15, 0.2) is 0 Å². The second-order valence-electron chi connectivity index (χ2n) is 5.94. The van der Waals surface area contributed by atoms with Gasteiger partial charge in [0.1, 0.15) is 0 Å². The first kappa shape index (κ1) is 13.9. The quantitative estimate of drug-likeness (QED) is 0.827. The number of hydrogen-bond acceptors (Lipinski definition) is 1. The fourth-order valence-electron chi connectivity index (χ4n) is 3.08. The molecule has 0 bridgehead atoms. The minimum atomic E-state index is 0.406. The molecule has 1 aromatic rings. The Morgan fingerprint density at radius 1 is 1.17 bits per heavy atom. The fourth-order valence-corrected chi connectivity index (χ4v) is 3.21. The van der Waals surface area contributed by atoms with E-state index in [9.17, 15) is 0 Å². The van der Waals surface area contributed by atoms with E-state index in [-0.39, 0.29) is 0 Å². The van der Waals surface area contributed by atoms with Crippen molar-refractivity contribution < 1.29 is 0 Å². The molecule has 0 spiro atoms. The van der Waals surface area contributed by atoms with E-state index < -0.39 is 0 Å². The van der Waals surface area contributed by atoms with Crippen molar-refractivity contribution in [2.24, 2.45) is 11.8 Å². The SMILES string of the molecule is CC1CCC(N[C@H](C)c2ccc(Cl)cc2)C(C)C1. The summed E-state index contributed by atoms with van der Waals surface area (Å²) in [6, 6.07) is 9.25. The molecule has 1 aliphatic carbocycles. The highest BCUT2D eigenvalue weighted by Gasteiger charge is 2.26. The number of hydrogen-bond donors (Lipinski definition) is 1. The van der Waals surface area contributed by atoms with E-state index in [2.05, 4.69) is 38.2 Å². The Kier molecular flexibility index (Phi) is 4.69. The predicted octanol–water partition coefficient (Wildman–Crippen LogP) is 4.82. The van der Waals surface area contributed by atoms with Crippen LogP contribution in [0.3, 0.4) is 0 Å². The van der Waals surface area contributed by atoms with Gasteiger partial charge in [0.25, 0.3) is 0 Å². The standard InChI is InChI=1S/C16H24ClN/c1-11-4-9-16(12(2)10-11)18-13(3)14-5-7-15(17)8-6-14/h5-8,11-13,16,18H,4,9-10H2,1-3H3/t11?,12?,13-,16?/m1/s1. The maximum atomic E-state index is 5.93. The first-order chi connectivity index (χ1) is 8.56. The molecular weight excluding hydrogens is 242 g/mol. The zero-order valence-corrected chi connectivity index (χ0v) is 12.4. The molecule has 0 amide bonds. The van der Waals surface area contributed by atoms with Gasteiger partial charge in [0.2, 0.25) is 0 Å². The van der Waals surface area contributed by atoms with E-state index in [0.29, 0.717) is 12.1 Å². The molecule has 1 N–H and O–H groups in total. The van der Waals surface area contributed by atoms with Gasteiger partial charge in [-0.3, -0.25) is 0 Å². The summed E-state index contributed by atoms with van der Waals surface area (Å²) in [6.45, 7) is 6.99. The average Bonchev–Trinajstić information content (AvgIpc) is 2.33. The van der Waals surface area contributed by atoms with Crippen LogP contribution in [0.1, 0.15) is 51.6 Å². The van der Waals surface area contributed by atoms with Crippen LogP contribution < -0.4 is 5.32 Å². The van der Waals surface area contributed by atoms with Gasteiger partial charge in [-0.25, -0.2) is 0 Å². The van der Waals surface area contributed by atoms with E-state index in [1.807, 2.05) is 12.1 Å². The van der Waals surface area contributed by atoms with Crippen molar-refractivity contribution in [3.8, 4) is 0 Å². The highest BCUT2D eigenvalue weighted by Crippen LogP contribution is 2.30. The Labute approximate surface area is 116 Å². The van der Waals surface area contributed by atoms with Crippen LogP contribution in [0.4, 0.5) is 0 Å². The monoisotopic (exact) mass is 265 g/mol. The van der Waals surface area contributed by atoms with Gasteiger partial charge in [0, 0.05) is 17.1 Å². The third-order valence-corrected chi connectivity index (χ3v) is 4.52. The molecule has 0 heterocycles. The summed E-state index contributed by atoms with van der Waals surface area (Å²) in [4.78, 5) is 0. The summed E-state index contributed by atoms with van der Waals surface area (Å²) in [5.74, 6) is 1.67. The van der Waals surface area contributed by atoms with E-state index >= 15 is 0 Å². The molecule has 1 aliphatic rings. The van der Waals surface area contributed by atoms with Crippen molar-refractivity contribution in [1.29, 1.82) is 0 Å². The Balaban J connectivity index is 1.94. The van der Waals surface area contributed by atoms with Gasteiger partial charge in [0.05, 0.1) is 0 Å². The van der Waals surface area contributed by atoms with Crippen LogP contribution in [0.5, 0.6) is 0 Å². The van der Waals surface area contributed by atoms with Crippen LogP contribution in [0.25, 0.3) is 0 Å². The number of benzene rings is 1. The third kappa shape index (κ3) is 3.49. The highest BCUT2D eigenvalue weighted by molar-refractivity contribution is 6.30. The Bertz CT molecular complexity index is 373. The second-order valence-corrected chi connectivity index (χ2v) is 6.38. The maximum absolute atomic E-state index is 5.93. The number of rotatable bonds is 3. The number of nitrogens with one attached hydrogen (secondary N) is 1. The lowest BCUT2D eigenvalue weighted by Crippen LogP contribution is -2.40. The molecule has 1 saturated carbocycles. The summed E-state index contributed by atoms with van der Waals surface area (Å²) >= 11 is 5.93. The molecule has 4 atom stereocenters. The predicted molar refractivity (Wildman–Crippen MR) is 79.0 cm³/mol. The molecule has 0 saturated heterocycles. The highest BCUT2D eigenvalue weighted by atomic mass is 35.5. The second kappa shape index (κ2) is 6.08. The molecular formula is C16H24ClN. The zero-order chi connectivity index (χ0) is 13.1. The van der Waals surface area contributed by atoms with Crippen LogP contribution in [0.2, 0.25) is 5.02 Å². The Hall–Kier alpha value is -0.530. The largest absolute Gasteiger partial charge is 0.307 e. The summed E-state index contributed by atoms with van der Waals surface area (Å²) in [7, 11) is 0. The van der Waals surface area contributed by atoms with Gasteiger partial charge in [-0.2, -0.15) is 0 Å². The van der Waals surface area contributed by atoms with Crippen molar-refractivity contribution >= 4 is 11.6 Å². The lowest BCUT2D eigenvalue weighted by molar-refractivity contribution is 0.216. The van der Waals surface area contributed by atoms with Gasteiger partial charge < -0.3 is 5.32 Å². The molecule has 2 heteroatoms. The summed E-state index contributed by atoms with van der Waals surface area (Å²) in [5, 5.41) is 4.59. The van der Waals surface area contributed by atoms with Gasteiger partial charge >= 0.3 is 0 Å².